The number of furan rings is 1. The maximum absolute atomic E-state index is 12.4. The fourth-order valence-electron chi connectivity index (χ4n) is 3.10. The predicted octanol–water partition coefficient (Wildman–Crippen LogP) is 3.74. The van der Waals surface area contributed by atoms with Gasteiger partial charge in [-0.2, -0.15) is 4.98 Å². The van der Waals surface area contributed by atoms with Gasteiger partial charge in [0.1, 0.15) is 11.5 Å². The third kappa shape index (κ3) is 4.55. The molecule has 0 bridgehead atoms. The fourth-order valence-corrected chi connectivity index (χ4v) is 3.85. The van der Waals surface area contributed by atoms with Gasteiger partial charge in [-0.25, -0.2) is 9.50 Å². The first-order valence-corrected chi connectivity index (χ1v) is 10.5. The molecule has 7 nitrogen and oxygen atoms in total. The van der Waals surface area contributed by atoms with Gasteiger partial charge in [-0.15, -0.1) is 5.10 Å². The summed E-state index contributed by atoms with van der Waals surface area (Å²) in [6.45, 7) is 8.60. The third-order valence-corrected chi connectivity index (χ3v) is 5.57. The van der Waals surface area contributed by atoms with Crippen LogP contribution in [0.1, 0.15) is 48.2 Å². The summed E-state index contributed by atoms with van der Waals surface area (Å²) in [7, 11) is 1.77. The molecule has 3 aromatic rings. The molecule has 28 heavy (non-hydrogen) atoms. The molecule has 0 fully saturated rings. The van der Waals surface area contributed by atoms with Crippen LogP contribution in [0.4, 0.5) is 0 Å². The van der Waals surface area contributed by atoms with Crippen LogP contribution in [0.15, 0.2) is 21.7 Å². The minimum absolute atomic E-state index is 0.00223. The Balaban J connectivity index is 1.67. The van der Waals surface area contributed by atoms with Crippen molar-refractivity contribution in [1.82, 2.24) is 24.5 Å². The number of hydrogen-bond acceptors (Lipinski definition) is 6. The van der Waals surface area contributed by atoms with E-state index in [4.69, 9.17) is 4.42 Å². The summed E-state index contributed by atoms with van der Waals surface area (Å²) >= 11 is 1.33. The quantitative estimate of drug-likeness (QED) is 0.535. The SMILES string of the molecule is CCCCc1c(C)nc2nc(SCC(=O)N(C)Cc3ccc(C)o3)nn2c1C. The van der Waals surface area contributed by atoms with Crippen molar-refractivity contribution < 1.29 is 9.21 Å². The van der Waals surface area contributed by atoms with Gasteiger partial charge in [0.05, 0.1) is 12.3 Å². The van der Waals surface area contributed by atoms with Crippen molar-refractivity contribution in [2.75, 3.05) is 12.8 Å². The molecule has 8 heteroatoms. The van der Waals surface area contributed by atoms with Crippen LogP contribution in [-0.2, 0) is 17.8 Å². The molecule has 3 rings (SSSR count). The zero-order chi connectivity index (χ0) is 20.3. The monoisotopic (exact) mass is 401 g/mol. The van der Waals surface area contributed by atoms with Gasteiger partial charge < -0.3 is 9.32 Å². The minimum atomic E-state index is 0.00223. The first-order chi connectivity index (χ1) is 13.4. The van der Waals surface area contributed by atoms with E-state index in [9.17, 15) is 4.79 Å². The Morgan fingerprint density at radius 1 is 1.25 bits per heavy atom. The molecule has 0 N–H and O–H groups in total. The summed E-state index contributed by atoms with van der Waals surface area (Å²) < 4.78 is 7.33. The van der Waals surface area contributed by atoms with E-state index >= 15 is 0 Å². The summed E-state index contributed by atoms with van der Waals surface area (Å²) in [4.78, 5) is 23.2. The van der Waals surface area contributed by atoms with E-state index in [0.717, 1.165) is 42.2 Å². The first-order valence-electron chi connectivity index (χ1n) is 9.54. The fraction of sp³-hybridized carbons (Fsp3) is 0.500. The van der Waals surface area contributed by atoms with E-state index in [1.807, 2.05) is 26.0 Å². The number of fused-ring (bicyclic) bond motifs is 1. The molecule has 0 atom stereocenters. The molecule has 3 heterocycles. The number of carbonyl (C=O) groups is 1. The summed E-state index contributed by atoms with van der Waals surface area (Å²) in [5.74, 6) is 2.48. The molecule has 3 aromatic heterocycles. The number of amides is 1. The Morgan fingerprint density at radius 3 is 2.71 bits per heavy atom. The Kier molecular flexibility index (Phi) is 6.39. The van der Waals surface area contributed by atoms with E-state index < -0.39 is 0 Å². The van der Waals surface area contributed by atoms with Gasteiger partial charge >= 0.3 is 0 Å². The van der Waals surface area contributed by atoms with Gasteiger partial charge in [0.25, 0.3) is 5.78 Å². The lowest BCUT2D eigenvalue weighted by Gasteiger charge is -2.14. The molecule has 0 aliphatic heterocycles. The van der Waals surface area contributed by atoms with Crippen LogP contribution in [0.5, 0.6) is 0 Å². The number of thioether (sulfide) groups is 1. The van der Waals surface area contributed by atoms with Gasteiger partial charge in [0, 0.05) is 18.4 Å². The Bertz CT molecular complexity index is 979. The predicted molar refractivity (Wildman–Crippen MR) is 110 cm³/mol. The summed E-state index contributed by atoms with van der Waals surface area (Å²) in [5.41, 5.74) is 3.32. The number of unbranched alkanes of at least 4 members (excludes halogenated alkanes) is 1. The number of aryl methyl sites for hydroxylation is 3. The van der Waals surface area contributed by atoms with Crippen LogP contribution >= 0.6 is 11.8 Å². The van der Waals surface area contributed by atoms with Crippen molar-refractivity contribution in [1.29, 1.82) is 0 Å². The van der Waals surface area contributed by atoms with Gasteiger partial charge in [-0.05, 0) is 51.3 Å². The number of rotatable bonds is 8. The summed E-state index contributed by atoms with van der Waals surface area (Å²) in [5, 5.41) is 5.13. The van der Waals surface area contributed by atoms with E-state index in [2.05, 4.69) is 28.9 Å². The zero-order valence-electron chi connectivity index (χ0n) is 17.2. The van der Waals surface area contributed by atoms with Crippen LogP contribution in [-0.4, -0.2) is 43.2 Å². The summed E-state index contributed by atoms with van der Waals surface area (Å²) in [6, 6.07) is 3.79. The maximum Gasteiger partial charge on any atom is 0.253 e. The number of nitrogens with zero attached hydrogens (tertiary/aromatic N) is 5. The van der Waals surface area contributed by atoms with Crippen molar-refractivity contribution >= 4 is 23.4 Å². The molecular formula is C20H27N5O2S. The number of aromatic nitrogens is 4. The van der Waals surface area contributed by atoms with Gasteiger partial charge in [-0.3, -0.25) is 4.79 Å². The zero-order valence-corrected chi connectivity index (χ0v) is 18.0. The second-order valence-electron chi connectivity index (χ2n) is 7.02. The molecule has 0 unspecified atom stereocenters. The second-order valence-corrected chi connectivity index (χ2v) is 7.96. The lowest BCUT2D eigenvalue weighted by atomic mass is 10.1. The molecule has 0 radical (unpaired) electrons. The Labute approximate surface area is 169 Å². The first kappa shape index (κ1) is 20.4. The molecule has 150 valence electrons. The van der Waals surface area contributed by atoms with Crippen LogP contribution in [0.25, 0.3) is 5.78 Å². The molecule has 0 aliphatic rings. The normalized spacial score (nSPS) is 11.3. The average molecular weight is 402 g/mol. The Morgan fingerprint density at radius 2 is 2.04 bits per heavy atom. The molecule has 0 saturated carbocycles. The topological polar surface area (TPSA) is 76.5 Å². The molecule has 1 amide bonds. The average Bonchev–Trinajstić information content (AvgIpc) is 3.25. The van der Waals surface area contributed by atoms with E-state index in [-0.39, 0.29) is 11.7 Å². The van der Waals surface area contributed by atoms with Crippen LogP contribution < -0.4 is 0 Å². The molecule has 0 saturated heterocycles. The second kappa shape index (κ2) is 8.77. The van der Waals surface area contributed by atoms with Crippen molar-refractivity contribution in [3.8, 4) is 0 Å². The lowest BCUT2D eigenvalue weighted by molar-refractivity contribution is -0.127. The van der Waals surface area contributed by atoms with Crippen molar-refractivity contribution in [3.63, 3.8) is 0 Å². The molecule has 0 spiro atoms. The standard InChI is InChI=1S/C20H27N5O2S/c1-6-7-8-17-14(3)21-19-22-20(23-25(19)15(17)4)28-12-18(26)24(5)11-16-10-9-13(2)27-16/h9-10H,6-8,11-12H2,1-5H3. The van der Waals surface area contributed by atoms with Crippen LogP contribution in [0.2, 0.25) is 0 Å². The van der Waals surface area contributed by atoms with E-state index in [0.29, 0.717) is 17.5 Å². The largest absolute Gasteiger partial charge is 0.464 e. The number of carbonyl (C=O) groups excluding carboxylic acids is 1. The van der Waals surface area contributed by atoms with E-state index in [1.165, 1.54) is 17.3 Å². The summed E-state index contributed by atoms with van der Waals surface area (Å²) in [6.07, 6.45) is 3.26. The highest BCUT2D eigenvalue weighted by atomic mass is 32.2. The highest BCUT2D eigenvalue weighted by Gasteiger charge is 2.16. The Hall–Kier alpha value is -2.35. The highest BCUT2D eigenvalue weighted by Crippen LogP contribution is 2.20. The minimum Gasteiger partial charge on any atom is -0.464 e. The lowest BCUT2D eigenvalue weighted by Crippen LogP contribution is -2.27. The van der Waals surface area contributed by atoms with Gasteiger partial charge in [0.15, 0.2) is 0 Å². The third-order valence-electron chi connectivity index (χ3n) is 4.75. The van der Waals surface area contributed by atoms with Crippen LogP contribution in [0, 0.1) is 20.8 Å². The van der Waals surface area contributed by atoms with Gasteiger partial charge in [-0.1, -0.05) is 25.1 Å². The smallest absolute Gasteiger partial charge is 0.253 e. The van der Waals surface area contributed by atoms with Crippen molar-refractivity contribution in [3.05, 3.63) is 40.6 Å². The molecular weight excluding hydrogens is 374 g/mol. The van der Waals surface area contributed by atoms with E-state index in [1.54, 1.807) is 16.5 Å². The van der Waals surface area contributed by atoms with Gasteiger partial charge in [0.2, 0.25) is 11.1 Å². The maximum atomic E-state index is 12.4. The molecule has 0 aliphatic carbocycles. The van der Waals surface area contributed by atoms with Crippen LogP contribution in [0.3, 0.4) is 0 Å². The van der Waals surface area contributed by atoms with Crippen molar-refractivity contribution in [2.45, 2.75) is 58.7 Å². The molecule has 0 aromatic carbocycles. The highest BCUT2D eigenvalue weighted by molar-refractivity contribution is 7.99. The number of hydrogen-bond donors (Lipinski definition) is 0. The van der Waals surface area contributed by atoms with Crippen molar-refractivity contribution in [2.24, 2.45) is 0 Å².